The highest BCUT2D eigenvalue weighted by molar-refractivity contribution is 7.92. The third-order valence-electron chi connectivity index (χ3n) is 5.79. The normalized spacial score (nSPS) is 12.4. The minimum atomic E-state index is -3.64. The van der Waals surface area contributed by atoms with E-state index in [1.54, 1.807) is 12.1 Å². The van der Waals surface area contributed by atoms with Crippen molar-refractivity contribution < 1.29 is 8.42 Å². The van der Waals surface area contributed by atoms with E-state index >= 15 is 0 Å². The van der Waals surface area contributed by atoms with Crippen LogP contribution in [0.4, 0.5) is 5.69 Å². The molecule has 0 spiro atoms. The summed E-state index contributed by atoms with van der Waals surface area (Å²) < 4.78 is 28.5. The Bertz CT molecular complexity index is 1290. The number of benzene rings is 4. The predicted molar refractivity (Wildman–Crippen MR) is 122 cm³/mol. The van der Waals surface area contributed by atoms with Crippen LogP contribution in [0, 0.1) is 0 Å². The van der Waals surface area contributed by atoms with Crippen LogP contribution in [0.5, 0.6) is 0 Å². The van der Waals surface area contributed by atoms with Gasteiger partial charge in [-0.05, 0) is 75.3 Å². The van der Waals surface area contributed by atoms with E-state index in [1.807, 2.05) is 42.5 Å². The van der Waals surface area contributed by atoms with Crippen molar-refractivity contribution in [1.82, 2.24) is 0 Å². The minimum absolute atomic E-state index is 0.0246. The van der Waals surface area contributed by atoms with Gasteiger partial charge in [-0.1, -0.05) is 63.2 Å². The molecule has 0 fully saturated rings. The van der Waals surface area contributed by atoms with E-state index < -0.39 is 10.0 Å². The highest BCUT2D eigenvalue weighted by atomic mass is 32.2. The number of nitrogens with one attached hydrogen (secondary N) is 1. The molecule has 1 N–H and O–H groups in total. The van der Waals surface area contributed by atoms with E-state index in [0.29, 0.717) is 5.69 Å². The van der Waals surface area contributed by atoms with E-state index in [-0.39, 0.29) is 10.3 Å². The van der Waals surface area contributed by atoms with Crippen LogP contribution in [-0.4, -0.2) is 8.42 Å². The first-order valence-corrected chi connectivity index (χ1v) is 11.3. The Morgan fingerprint density at radius 3 is 1.97 bits per heavy atom. The van der Waals surface area contributed by atoms with Gasteiger partial charge in [0, 0.05) is 5.69 Å². The lowest BCUT2D eigenvalue weighted by Gasteiger charge is -2.23. The van der Waals surface area contributed by atoms with Gasteiger partial charge in [0.25, 0.3) is 10.0 Å². The summed E-state index contributed by atoms with van der Waals surface area (Å²) in [5.41, 5.74) is 1.72. The monoisotopic (exact) mass is 403 g/mol. The molecule has 0 saturated heterocycles. The molecular weight excluding hydrogens is 378 g/mol. The Morgan fingerprint density at radius 1 is 0.759 bits per heavy atom. The molecule has 3 nitrogen and oxygen atoms in total. The average Bonchev–Trinajstić information content (AvgIpc) is 2.72. The van der Waals surface area contributed by atoms with E-state index in [9.17, 15) is 8.42 Å². The molecule has 0 aromatic heterocycles. The molecule has 0 bridgehead atoms. The molecule has 0 unspecified atom stereocenters. The molecule has 4 aromatic carbocycles. The zero-order valence-corrected chi connectivity index (χ0v) is 17.8. The van der Waals surface area contributed by atoms with Crippen LogP contribution in [-0.2, 0) is 15.4 Å². The maximum atomic E-state index is 12.9. The van der Waals surface area contributed by atoms with Crippen LogP contribution in [0.2, 0.25) is 0 Å². The second-order valence-corrected chi connectivity index (χ2v) is 9.81. The summed E-state index contributed by atoms with van der Waals surface area (Å²) in [4.78, 5) is 0.270. The van der Waals surface area contributed by atoms with Gasteiger partial charge in [-0.3, -0.25) is 4.72 Å². The van der Waals surface area contributed by atoms with Crippen LogP contribution < -0.4 is 4.72 Å². The van der Waals surface area contributed by atoms with E-state index in [1.165, 1.54) is 5.39 Å². The van der Waals surface area contributed by atoms with Crippen LogP contribution >= 0.6 is 0 Å². The fourth-order valence-corrected chi connectivity index (χ4v) is 4.56. The first-order valence-electron chi connectivity index (χ1n) is 9.84. The van der Waals surface area contributed by atoms with Crippen molar-refractivity contribution in [1.29, 1.82) is 0 Å². The maximum absolute atomic E-state index is 12.9. The maximum Gasteiger partial charge on any atom is 0.261 e. The number of fused-ring (bicyclic) bond motifs is 2. The third-order valence-corrected chi connectivity index (χ3v) is 7.18. The van der Waals surface area contributed by atoms with Crippen molar-refractivity contribution in [2.45, 2.75) is 37.5 Å². The van der Waals surface area contributed by atoms with Crippen LogP contribution in [0.15, 0.2) is 83.8 Å². The zero-order chi connectivity index (χ0) is 20.6. The molecule has 0 atom stereocenters. The Labute approximate surface area is 172 Å². The smallest absolute Gasteiger partial charge is 0.261 e. The minimum Gasteiger partial charge on any atom is -0.280 e. The van der Waals surface area contributed by atoms with Crippen molar-refractivity contribution in [2.75, 3.05) is 4.72 Å². The molecule has 4 rings (SSSR count). The fraction of sp³-hybridized carbons (Fsp3) is 0.200. The summed E-state index contributed by atoms with van der Waals surface area (Å²) in [6.45, 7) is 6.45. The summed E-state index contributed by atoms with van der Waals surface area (Å²) in [6, 6.07) is 25.2. The summed E-state index contributed by atoms with van der Waals surface area (Å²) in [6.07, 6.45) is 0.989. The third kappa shape index (κ3) is 3.85. The van der Waals surface area contributed by atoms with Gasteiger partial charge in [-0.2, -0.15) is 0 Å². The Morgan fingerprint density at radius 2 is 1.34 bits per heavy atom. The molecule has 0 heterocycles. The van der Waals surface area contributed by atoms with Gasteiger partial charge >= 0.3 is 0 Å². The van der Waals surface area contributed by atoms with Crippen molar-refractivity contribution in [3.05, 3.63) is 84.4 Å². The first-order chi connectivity index (χ1) is 13.8. The average molecular weight is 404 g/mol. The van der Waals surface area contributed by atoms with Crippen LogP contribution in [0.3, 0.4) is 0 Å². The zero-order valence-electron chi connectivity index (χ0n) is 16.9. The van der Waals surface area contributed by atoms with Crippen molar-refractivity contribution >= 4 is 37.3 Å². The summed E-state index contributed by atoms with van der Waals surface area (Å²) in [5.74, 6) is 0. The fourth-order valence-electron chi connectivity index (χ4n) is 3.51. The summed E-state index contributed by atoms with van der Waals surface area (Å²) in [5, 5.41) is 4.39. The van der Waals surface area contributed by atoms with Gasteiger partial charge in [0.1, 0.15) is 0 Å². The number of rotatable bonds is 5. The van der Waals surface area contributed by atoms with Gasteiger partial charge in [0.05, 0.1) is 4.90 Å². The number of anilines is 1. The number of hydrogen-bond acceptors (Lipinski definition) is 2. The van der Waals surface area contributed by atoms with Crippen molar-refractivity contribution in [2.24, 2.45) is 0 Å². The van der Waals surface area contributed by atoms with Gasteiger partial charge in [0.15, 0.2) is 0 Å². The molecule has 0 aliphatic rings. The Balaban J connectivity index is 1.65. The Kier molecular flexibility index (Phi) is 4.83. The summed E-state index contributed by atoms with van der Waals surface area (Å²) >= 11 is 0. The van der Waals surface area contributed by atoms with E-state index in [4.69, 9.17) is 0 Å². The van der Waals surface area contributed by atoms with E-state index in [2.05, 4.69) is 49.8 Å². The Hall–Kier alpha value is -2.85. The van der Waals surface area contributed by atoms with Gasteiger partial charge < -0.3 is 0 Å². The van der Waals surface area contributed by atoms with Crippen molar-refractivity contribution in [3.63, 3.8) is 0 Å². The second-order valence-electron chi connectivity index (χ2n) is 8.13. The predicted octanol–water partition coefficient (Wildman–Crippen LogP) is 6.48. The highest BCUT2D eigenvalue weighted by Crippen LogP contribution is 2.29. The molecule has 0 amide bonds. The number of hydrogen-bond donors (Lipinski definition) is 1. The summed E-state index contributed by atoms with van der Waals surface area (Å²) in [7, 11) is -3.64. The molecule has 148 valence electrons. The van der Waals surface area contributed by atoms with Crippen molar-refractivity contribution in [3.8, 4) is 0 Å². The second kappa shape index (κ2) is 7.20. The quantitative estimate of drug-likeness (QED) is 0.388. The SMILES string of the molecule is CCC(C)(C)c1ccc(S(=O)(=O)Nc2ccc3cc4ccccc4cc3c2)cc1. The number of sulfonamides is 1. The highest BCUT2D eigenvalue weighted by Gasteiger charge is 2.20. The molecule has 0 aliphatic carbocycles. The van der Waals surface area contributed by atoms with Gasteiger partial charge in [-0.15, -0.1) is 0 Å². The molecule has 4 heteroatoms. The lowest BCUT2D eigenvalue weighted by molar-refractivity contribution is 0.506. The van der Waals surface area contributed by atoms with Crippen LogP contribution in [0.1, 0.15) is 32.8 Å². The molecular formula is C25H25NO2S. The first kappa shape index (κ1) is 19.5. The van der Waals surface area contributed by atoms with Gasteiger partial charge in [-0.25, -0.2) is 8.42 Å². The lowest BCUT2D eigenvalue weighted by atomic mass is 9.82. The van der Waals surface area contributed by atoms with E-state index in [0.717, 1.165) is 28.1 Å². The standard InChI is InChI=1S/C25H25NO2S/c1-4-25(2,3)22-10-13-24(14-11-22)29(27,28)26-23-12-9-20-15-18-7-5-6-8-19(18)16-21(20)17-23/h5-17,26H,4H2,1-3H3. The molecule has 0 aliphatic heterocycles. The molecule has 0 radical (unpaired) electrons. The molecule has 0 saturated carbocycles. The van der Waals surface area contributed by atoms with Gasteiger partial charge in [0.2, 0.25) is 0 Å². The van der Waals surface area contributed by atoms with Crippen LogP contribution in [0.25, 0.3) is 21.5 Å². The lowest BCUT2D eigenvalue weighted by Crippen LogP contribution is -2.16. The molecule has 4 aromatic rings. The molecule has 29 heavy (non-hydrogen) atoms. The topological polar surface area (TPSA) is 46.2 Å². The largest absolute Gasteiger partial charge is 0.280 e.